The van der Waals surface area contributed by atoms with Crippen molar-refractivity contribution < 1.29 is 19.1 Å². The topological polar surface area (TPSA) is 64.6 Å². The van der Waals surface area contributed by atoms with Crippen LogP contribution in [-0.2, 0) is 0 Å². The molecule has 5 nitrogen and oxygen atoms in total. The lowest BCUT2D eigenvalue weighted by molar-refractivity contribution is 0.101. The summed E-state index contributed by atoms with van der Waals surface area (Å²) in [6, 6.07) is 9.84. The molecule has 0 saturated heterocycles. The number of hydrogen-bond acceptors (Lipinski definition) is 4. The largest absolute Gasteiger partial charge is 0.486 e. The van der Waals surface area contributed by atoms with Crippen LogP contribution in [0.3, 0.4) is 0 Å². The molecular formula is C17H14ClNO4. The number of ketones is 1. The maximum atomic E-state index is 12.4. The number of fused-ring (bicyclic) bond motifs is 1. The van der Waals surface area contributed by atoms with Crippen LogP contribution >= 0.6 is 11.6 Å². The average molecular weight is 332 g/mol. The number of ether oxygens (including phenoxy) is 2. The van der Waals surface area contributed by atoms with Gasteiger partial charge in [0.2, 0.25) is 0 Å². The van der Waals surface area contributed by atoms with E-state index < -0.39 is 0 Å². The minimum absolute atomic E-state index is 0.0709. The summed E-state index contributed by atoms with van der Waals surface area (Å²) in [5.41, 5.74) is 1.33. The van der Waals surface area contributed by atoms with Gasteiger partial charge < -0.3 is 14.8 Å². The van der Waals surface area contributed by atoms with Gasteiger partial charge in [-0.25, -0.2) is 0 Å². The van der Waals surface area contributed by atoms with Crippen molar-refractivity contribution in [2.24, 2.45) is 0 Å². The molecule has 1 heterocycles. The molecule has 0 atom stereocenters. The number of carbonyl (C=O) groups is 2. The first-order valence-corrected chi connectivity index (χ1v) is 7.44. The van der Waals surface area contributed by atoms with Crippen LogP contribution in [0.15, 0.2) is 36.4 Å². The molecule has 0 radical (unpaired) electrons. The Kier molecular flexibility index (Phi) is 4.21. The van der Waals surface area contributed by atoms with Gasteiger partial charge in [-0.1, -0.05) is 23.7 Å². The maximum absolute atomic E-state index is 12.4. The zero-order valence-electron chi connectivity index (χ0n) is 12.4. The van der Waals surface area contributed by atoms with Crippen molar-refractivity contribution in [3.05, 3.63) is 52.5 Å². The standard InChI is InChI=1S/C17H14ClNO4/c1-10(20)11-3-2-4-12(7-11)19-17(21)13-8-15-16(9-14(13)18)23-6-5-22-15/h2-4,7-9H,5-6H2,1H3,(H,19,21). The molecule has 0 spiro atoms. The smallest absolute Gasteiger partial charge is 0.257 e. The monoisotopic (exact) mass is 331 g/mol. The van der Waals surface area contributed by atoms with Crippen LogP contribution in [-0.4, -0.2) is 24.9 Å². The fourth-order valence-corrected chi connectivity index (χ4v) is 2.49. The number of hydrogen-bond donors (Lipinski definition) is 1. The molecule has 2 aromatic carbocycles. The summed E-state index contributed by atoms with van der Waals surface area (Å²) in [6.45, 7) is 2.35. The summed E-state index contributed by atoms with van der Waals surface area (Å²) in [4.78, 5) is 23.8. The minimum Gasteiger partial charge on any atom is -0.486 e. The molecule has 0 bridgehead atoms. The highest BCUT2D eigenvalue weighted by Crippen LogP contribution is 2.35. The lowest BCUT2D eigenvalue weighted by Gasteiger charge is -2.19. The molecule has 0 fully saturated rings. The number of Topliss-reactive ketones (excluding diaryl/α,β-unsaturated/α-hetero) is 1. The molecule has 0 aromatic heterocycles. The van der Waals surface area contributed by atoms with Crippen molar-refractivity contribution in [2.75, 3.05) is 18.5 Å². The molecular weight excluding hydrogens is 318 g/mol. The molecule has 118 valence electrons. The van der Waals surface area contributed by atoms with E-state index in [1.54, 1.807) is 36.4 Å². The second kappa shape index (κ2) is 6.30. The lowest BCUT2D eigenvalue weighted by Crippen LogP contribution is -2.17. The summed E-state index contributed by atoms with van der Waals surface area (Å²) in [5.74, 6) is 0.561. The van der Waals surface area contributed by atoms with Crippen LogP contribution in [0, 0.1) is 0 Å². The highest BCUT2D eigenvalue weighted by molar-refractivity contribution is 6.34. The van der Waals surface area contributed by atoms with Crippen LogP contribution in [0.1, 0.15) is 27.6 Å². The first-order valence-electron chi connectivity index (χ1n) is 7.06. The van der Waals surface area contributed by atoms with Crippen LogP contribution in [0.25, 0.3) is 0 Å². The van der Waals surface area contributed by atoms with Gasteiger partial charge in [0.15, 0.2) is 17.3 Å². The SMILES string of the molecule is CC(=O)c1cccc(NC(=O)c2cc3c(cc2Cl)OCCO3)c1. The van der Waals surface area contributed by atoms with Crippen molar-refractivity contribution in [3.63, 3.8) is 0 Å². The van der Waals surface area contributed by atoms with Crippen molar-refractivity contribution in [1.29, 1.82) is 0 Å². The summed E-state index contributed by atoms with van der Waals surface area (Å²) < 4.78 is 10.9. The van der Waals surface area contributed by atoms with Gasteiger partial charge in [-0.2, -0.15) is 0 Å². The quantitative estimate of drug-likeness (QED) is 0.873. The fraction of sp³-hybridized carbons (Fsp3) is 0.176. The Hall–Kier alpha value is -2.53. The number of halogens is 1. The van der Waals surface area contributed by atoms with E-state index in [0.717, 1.165) is 0 Å². The number of amides is 1. The molecule has 23 heavy (non-hydrogen) atoms. The minimum atomic E-state index is -0.382. The molecule has 0 aliphatic carbocycles. The molecule has 6 heteroatoms. The van der Waals surface area contributed by atoms with Crippen molar-refractivity contribution in [3.8, 4) is 11.5 Å². The summed E-state index contributed by atoms with van der Waals surface area (Å²) in [7, 11) is 0. The molecule has 1 aliphatic rings. The van der Waals surface area contributed by atoms with E-state index in [2.05, 4.69) is 5.32 Å². The van der Waals surface area contributed by atoms with Gasteiger partial charge in [0.25, 0.3) is 5.91 Å². The van der Waals surface area contributed by atoms with Gasteiger partial charge >= 0.3 is 0 Å². The Labute approximate surface area is 138 Å². The first-order chi connectivity index (χ1) is 11.0. The van der Waals surface area contributed by atoms with E-state index in [9.17, 15) is 9.59 Å². The fourth-order valence-electron chi connectivity index (χ4n) is 2.25. The molecule has 1 N–H and O–H groups in total. The average Bonchev–Trinajstić information content (AvgIpc) is 2.54. The summed E-state index contributed by atoms with van der Waals surface area (Å²) in [6.07, 6.45) is 0. The Morgan fingerprint density at radius 3 is 2.48 bits per heavy atom. The number of benzene rings is 2. The summed E-state index contributed by atoms with van der Waals surface area (Å²) in [5, 5.41) is 3.00. The number of rotatable bonds is 3. The Balaban J connectivity index is 1.86. The molecule has 0 unspecified atom stereocenters. The predicted molar refractivity (Wildman–Crippen MR) is 86.8 cm³/mol. The van der Waals surface area contributed by atoms with Crippen LogP contribution in [0.4, 0.5) is 5.69 Å². The van der Waals surface area contributed by atoms with E-state index in [0.29, 0.717) is 36.0 Å². The van der Waals surface area contributed by atoms with Gasteiger partial charge in [0.1, 0.15) is 13.2 Å². The molecule has 0 saturated carbocycles. The van der Waals surface area contributed by atoms with Gasteiger partial charge in [-0.05, 0) is 25.1 Å². The highest BCUT2D eigenvalue weighted by atomic mass is 35.5. The second-order valence-electron chi connectivity index (χ2n) is 5.07. The normalized spacial score (nSPS) is 12.6. The third-order valence-corrected chi connectivity index (χ3v) is 3.72. The molecule has 3 rings (SSSR count). The van der Waals surface area contributed by atoms with Crippen molar-refractivity contribution >= 4 is 29.0 Å². The van der Waals surface area contributed by atoms with E-state index in [1.807, 2.05) is 0 Å². The van der Waals surface area contributed by atoms with E-state index in [1.165, 1.54) is 6.92 Å². The number of carbonyl (C=O) groups excluding carboxylic acids is 2. The van der Waals surface area contributed by atoms with E-state index in [4.69, 9.17) is 21.1 Å². The Morgan fingerprint density at radius 2 is 1.78 bits per heavy atom. The Morgan fingerprint density at radius 1 is 1.09 bits per heavy atom. The summed E-state index contributed by atoms with van der Waals surface area (Å²) >= 11 is 6.15. The molecule has 1 amide bonds. The first kappa shape index (κ1) is 15.4. The number of anilines is 1. The highest BCUT2D eigenvalue weighted by Gasteiger charge is 2.19. The Bertz CT molecular complexity index is 788. The molecule has 2 aromatic rings. The van der Waals surface area contributed by atoms with Crippen molar-refractivity contribution in [2.45, 2.75) is 6.92 Å². The van der Waals surface area contributed by atoms with Gasteiger partial charge in [-0.15, -0.1) is 0 Å². The van der Waals surface area contributed by atoms with Gasteiger partial charge in [0, 0.05) is 17.3 Å². The van der Waals surface area contributed by atoms with E-state index in [-0.39, 0.29) is 22.3 Å². The number of nitrogens with one attached hydrogen (secondary N) is 1. The predicted octanol–water partition coefficient (Wildman–Crippen LogP) is 3.57. The molecule has 1 aliphatic heterocycles. The van der Waals surface area contributed by atoms with Crippen LogP contribution in [0.2, 0.25) is 5.02 Å². The lowest BCUT2D eigenvalue weighted by atomic mass is 10.1. The van der Waals surface area contributed by atoms with Crippen LogP contribution < -0.4 is 14.8 Å². The maximum Gasteiger partial charge on any atom is 0.257 e. The third-order valence-electron chi connectivity index (χ3n) is 3.40. The second-order valence-corrected chi connectivity index (χ2v) is 5.47. The van der Waals surface area contributed by atoms with Gasteiger partial charge in [-0.3, -0.25) is 9.59 Å². The third kappa shape index (κ3) is 3.29. The zero-order valence-corrected chi connectivity index (χ0v) is 13.1. The van der Waals surface area contributed by atoms with E-state index >= 15 is 0 Å². The zero-order chi connectivity index (χ0) is 16.4. The van der Waals surface area contributed by atoms with Crippen molar-refractivity contribution in [1.82, 2.24) is 0 Å². The van der Waals surface area contributed by atoms with Crippen LogP contribution in [0.5, 0.6) is 11.5 Å². The van der Waals surface area contributed by atoms with Gasteiger partial charge in [0.05, 0.1) is 10.6 Å².